The Bertz CT molecular complexity index is 619. The highest BCUT2D eigenvalue weighted by Crippen LogP contribution is 2.24. The minimum Gasteiger partial charge on any atom is -0.359 e. The maximum Gasteiger partial charge on any atom is 0.178 e. The number of H-pyrrole nitrogens is 1. The highest BCUT2D eigenvalue weighted by Gasteiger charge is 2.20. The van der Waals surface area contributed by atoms with Gasteiger partial charge in [-0.15, -0.1) is 0 Å². The van der Waals surface area contributed by atoms with E-state index in [0.29, 0.717) is 29.3 Å². The molecule has 0 aromatic carbocycles. The predicted molar refractivity (Wildman–Crippen MR) is 61.4 cm³/mol. The number of aromatic nitrogens is 4. The van der Waals surface area contributed by atoms with Gasteiger partial charge in [-0.05, 0) is 12.1 Å². The lowest BCUT2D eigenvalue weighted by Gasteiger charge is -2.04. The number of nitrogens with zero attached hydrogens (tertiary/aromatic N) is 4. The van der Waals surface area contributed by atoms with Crippen LogP contribution < -0.4 is 0 Å². The van der Waals surface area contributed by atoms with E-state index < -0.39 is 0 Å². The zero-order valence-corrected chi connectivity index (χ0v) is 9.18. The number of aromatic amines is 1. The summed E-state index contributed by atoms with van der Waals surface area (Å²) in [7, 11) is 1.78. The van der Waals surface area contributed by atoms with Crippen LogP contribution in [-0.2, 0) is 7.05 Å². The molecule has 0 saturated heterocycles. The van der Waals surface area contributed by atoms with Crippen LogP contribution in [0.25, 0.3) is 5.83 Å². The van der Waals surface area contributed by atoms with Crippen molar-refractivity contribution in [3.63, 3.8) is 0 Å². The number of nitrogens with one attached hydrogen (secondary N) is 1. The first-order valence-corrected chi connectivity index (χ1v) is 5.20. The Morgan fingerprint density at radius 2 is 2.35 bits per heavy atom. The third-order valence-corrected chi connectivity index (χ3v) is 2.68. The minimum atomic E-state index is -0.262. The quantitative estimate of drug-likeness (QED) is 0.804. The first kappa shape index (κ1) is 9.95. The lowest BCUT2D eigenvalue weighted by molar-refractivity contribution is 0.755. The Labute approximate surface area is 96.7 Å². The summed E-state index contributed by atoms with van der Waals surface area (Å²) in [6.45, 7) is 0.302. The molecule has 1 N–H and O–H groups in total. The maximum atomic E-state index is 13.7. The van der Waals surface area contributed by atoms with Crippen molar-refractivity contribution in [2.75, 3.05) is 6.54 Å². The van der Waals surface area contributed by atoms with E-state index in [1.165, 1.54) is 12.4 Å². The largest absolute Gasteiger partial charge is 0.359 e. The molecule has 1 aliphatic rings. The van der Waals surface area contributed by atoms with Crippen LogP contribution in [0.3, 0.4) is 0 Å². The van der Waals surface area contributed by atoms with Gasteiger partial charge in [-0.3, -0.25) is 4.99 Å². The van der Waals surface area contributed by atoms with E-state index in [1.54, 1.807) is 24.0 Å². The van der Waals surface area contributed by atoms with Gasteiger partial charge >= 0.3 is 0 Å². The van der Waals surface area contributed by atoms with E-state index in [2.05, 4.69) is 20.1 Å². The Morgan fingerprint density at radius 3 is 3.12 bits per heavy atom. The van der Waals surface area contributed by atoms with Crippen LogP contribution >= 0.6 is 0 Å². The van der Waals surface area contributed by atoms with E-state index in [9.17, 15) is 4.39 Å². The fourth-order valence-corrected chi connectivity index (χ4v) is 1.86. The number of hydrogen-bond acceptors (Lipinski definition) is 3. The summed E-state index contributed by atoms with van der Waals surface area (Å²) >= 11 is 0. The van der Waals surface area contributed by atoms with E-state index in [4.69, 9.17) is 0 Å². The van der Waals surface area contributed by atoms with Crippen LogP contribution in [0.1, 0.15) is 17.1 Å². The molecular weight excluding hydrogens is 221 g/mol. The maximum absolute atomic E-state index is 13.7. The minimum absolute atomic E-state index is 0.262. The summed E-state index contributed by atoms with van der Waals surface area (Å²) in [6, 6.07) is 1.69. The van der Waals surface area contributed by atoms with Crippen LogP contribution in [-0.4, -0.2) is 32.0 Å². The molecule has 2 aromatic heterocycles. The highest BCUT2D eigenvalue weighted by atomic mass is 19.1. The van der Waals surface area contributed by atoms with Gasteiger partial charge in [0.15, 0.2) is 5.82 Å². The molecule has 3 heterocycles. The number of hydrogen-bond donors (Lipinski definition) is 1. The van der Waals surface area contributed by atoms with Gasteiger partial charge in [-0.1, -0.05) is 0 Å². The SMILES string of the molecule is Cn1ncnc1C1=NCC=C(F)c2cc[nH]c21. The molecule has 0 fully saturated rings. The molecule has 0 radical (unpaired) electrons. The van der Waals surface area contributed by atoms with Crippen LogP contribution in [0.5, 0.6) is 0 Å². The zero-order chi connectivity index (χ0) is 11.8. The van der Waals surface area contributed by atoms with E-state index in [1.807, 2.05) is 0 Å². The molecule has 5 nitrogen and oxygen atoms in total. The Kier molecular flexibility index (Phi) is 2.14. The molecule has 1 aliphatic heterocycles. The molecular formula is C11H10FN5. The van der Waals surface area contributed by atoms with Gasteiger partial charge in [0.2, 0.25) is 0 Å². The molecule has 0 spiro atoms. The van der Waals surface area contributed by atoms with Gasteiger partial charge in [0.05, 0.1) is 12.2 Å². The third kappa shape index (κ3) is 1.49. The second-order valence-corrected chi connectivity index (χ2v) is 3.71. The summed E-state index contributed by atoms with van der Waals surface area (Å²) in [4.78, 5) is 11.5. The summed E-state index contributed by atoms with van der Waals surface area (Å²) in [6.07, 6.45) is 4.60. The first-order chi connectivity index (χ1) is 8.27. The van der Waals surface area contributed by atoms with Crippen LogP contribution in [0.4, 0.5) is 4.39 Å². The van der Waals surface area contributed by atoms with E-state index in [-0.39, 0.29) is 5.83 Å². The molecule has 2 aromatic rings. The van der Waals surface area contributed by atoms with E-state index >= 15 is 0 Å². The Hall–Kier alpha value is -2.24. The standard InChI is InChI=1S/C11H10FN5/c1-17-11(15-6-16-17)10-9-7(2-4-13-9)8(12)3-5-14-10/h2-4,6,13H,5H2,1H3. The molecule has 0 amide bonds. The average Bonchev–Trinajstić information content (AvgIpc) is 2.91. The second-order valence-electron chi connectivity index (χ2n) is 3.71. The third-order valence-electron chi connectivity index (χ3n) is 2.68. The number of halogens is 1. The zero-order valence-electron chi connectivity index (χ0n) is 9.18. The number of rotatable bonds is 1. The lowest BCUT2D eigenvalue weighted by atomic mass is 10.1. The van der Waals surface area contributed by atoms with Gasteiger partial charge in [0.25, 0.3) is 0 Å². The van der Waals surface area contributed by atoms with Crippen molar-refractivity contribution >= 4 is 11.5 Å². The molecule has 6 heteroatoms. The van der Waals surface area contributed by atoms with Crippen molar-refractivity contribution in [1.29, 1.82) is 0 Å². The molecule has 0 bridgehead atoms. The van der Waals surface area contributed by atoms with Crippen molar-refractivity contribution in [2.45, 2.75) is 0 Å². The topological polar surface area (TPSA) is 58.9 Å². The molecule has 86 valence electrons. The number of aryl methyl sites for hydroxylation is 1. The number of aliphatic imine (C=N–C) groups is 1. The van der Waals surface area contributed by atoms with Crippen molar-refractivity contribution in [1.82, 2.24) is 19.7 Å². The van der Waals surface area contributed by atoms with E-state index in [0.717, 1.165) is 0 Å². The van der Waals surface area contributed by atoms with Crippen molar-refractivity contribution in [3.8, 4) is 0 Å². The molecule has 17 heavy (non-hydrogen) atoms. The molecule has 3 rings (SSSR count). The second kappa shape index (κ2) is 3.65. The summed E-state index contributed by atoms with van der Waals surface area (Å²) in [5, 5.41) is 4.00. The predicted octanol–water partition coefficient (Wildman–Crippen LogP) is 1.30. The van der Waals surface area contributed by atoms with Crippen LogP contribution in [0, 0.1) is 0 Å². The lowest BCUT2D eigenvalue weighted by Crippen LogP contribution is -2.12. The highest BCUT2D eigenvalue weighted by molar-refractivity contribution is 6.12. The smallest absolute Gasteiger partial charge is 0.178 e. The van der Waals surface area contributed by atoms with Crippen LogP contribution in [0.15, 0.2) is 29.7 Å². The van der Waals surface area contributed by atoms with Crippen LogP contribution in [0.2, 0.25) is 0 Å². The van der Waals surface area contributed by atoms with Gasteiger partial charge in [0.1, 0.15) is 17.9 Å². The Morgan fingerprint density at radius 1 is 1.47 bits per heavy atom. The normalized spacial score (nSPS) is 14.9. The summed E-state index contributed by atoms with van der Waals surface area (Å²) in [5.74, 6) is 0.360. The van der Waals surface area contributed by atoms with Crippen molar-refractivity contribution < 1.29 is 4.39 Å². The average molecular weight is 231 g/mol. The molecule has 0 unspecified atom stereocenters. The fraction of sp³-hybridized carbons (Fsp3) is 0.182. The molecule has 0 aliphatic carbocycles. The van der Waals surface area contributed by atoms with Gasteiger partial charge in [-0.2, -0.15) is 5.10 Å². The monoisotopic (exact) mass is 231 g/mol. The van der Waals surface area contributed by atoms with Gasteiger partial charge in [0, 0.05) is 18.8 Å². The summed E-state index contributed by atoms with van der Waals surface area (Å²) in [5.41, 5.74) is 1.80. The first-order valence-electron chi connectivity index (χ1n) is 5.20. The van der Waals surface area contributed by atoms with Gasteiger partial charge in [-0.25, -0.2) is 14.1 Å². The van der Waals surface area contributed by atoms with Gasteiger partial charge < -0.3 is 4.98 Å². The van der Waals surface area contributed by atoms with Crippen molar-refractivity contribution in [2.24, 2.45) is 12.0 Å². The van der Waals surface area contributed by atoms with Crippen molar-refractivity contribution in [3.05, 3.63) is 41.7 Å². The molecule has 0 saturated carbocycles. The summed E-state index contributed by atoms with van der Waals surface area (Å²) < 4.78 is 15.3. The molecule has 0 atom stereocenters. The fourth-order valence-electron chi connectivity index (χ4n) is 1.86. The Balaban J connectivity index is 2.19. The number of fused-ring (bicyclic) bond motifs is 1.